The van der Waals surface area contributed by atoms with Crippen LogP contribution in [-0.4, -0.2) is 13.1 Å². The third kappa shape index (κ3) is 1.93. The molecule has 0 bridgehead atoms. The van der Waals surface area contributed by atoms with Gasteiger partial charge < -0.3 is 9.73 Å². The molecule has 18 heavy (non-hydrogen) atoms. The van der Waals surface area contributed by atoms with Crippen LogP contribution < -0.4 is 5.32 Å². The second-order valence-electron chi connectivity index (χ2n) is 5.09. The van der Waals surface area contributed by atoms with Gasteiger partial charge in [-0.15, -0.1) is 0 Å². The van der Waals surface area contributed by atoms with Crippen LogP contribution in [-0.2, 0) is 0 Å². The molecule has 0 amide bonds. The Balaban J connectivity index is 2.00. The summed E-state index contributed by atoms with van der Waals surface area (Å²) in [5.74, 6) is 1.03. The van der Waals surface area contributed by atoms with E-state index in [2.05, 4.69) is 5.32 Å². The minimum absolute atomic E-state index is 0.268. The highest BCUT2D eigenvalue weighted by molar-refractivity contribution is 5.78. The molecule has 96 valence electrons. The summed E-state index contributed by atoms with van der Waals surface area (Å²) in [7, 11) is 1.99. The first-order valence-electron chi connectivity index (χ1n) is 6.65. The molecule has 1 heterocycles. The number of hydrogen-bond donors (Lipinski definition) is 1. The zero-order chi connectivity index (χ0) is 12.5. The van der Waals surface area contributed by atoms with Crippen LogP contribution in [0.25, 0.3) is 11.0 Å². The van der Waals surface area contributed by atoms with Crippen molar-refractivity contribution in [3.05, 3.63) is 35.8 Å². The van der Waals surface area contributed by atoms with Gasteiger partial charge in [0.15, 0.2) is 11.4 Å². The Morgan fingerprint density at radius 1 is 1.28 bits per heavy atom. The van der Waals surface area contributed by atoms with Gasteiger partial charge in [-0.25, -0.2) is 4.39 Å². The quantitative estimate of drug-likeness (QED) is 0.872. The van der Waals surface area contributed by atoms with Gasteiger partial charge in [0.1, 0.15) is 5.76 Å². The van der Waals surface area contributed by atoms with E-state index in [1.165, 1.54) is 25.3 Å². The first kappa shape index (κ1) is 11.7. The molecular weight excluding hydrogens is 229 g/mol. The Morgan fingerprint density at radius 3 is 2.89 bits per heavy atom. The van der Waals surface area contributed by atoms with Crippen molar-refractivity contribution in [3.8, 4) is 0 Å². The maximum Gasteiger partial charge on any atom is 0.169 e. The number of furan rings is 1. The summed E-state index contributed by atoms with van der Waals surface area (Å²) in [5, 5.41) is 4.22. The molecule has 0 spiro atoms. The summed E-state index contributed by atoms with van der Waals surface area (Å²) in [6.07, 6.45) is 4.77. The normalized spacial score (nSPS) is 24.6. The number of hydrogen-bond acceptors (Lipinski definition) is 2. The SMILES string of the molecule is CNC1CCCCC1c1cc2cccc(F)c2o1. The second kappa shape index (κ2) is 4.73. The zero-order valence-electron chi connectivity index (χ0n) is 10.6. The largest absolute Gasteiger partial charge is 0.458 e. The van der Waals surface area contributed by atoms with Crippen molar-refractivity contribution in [1.29, 1.82) is 0 Å². The molecule has 2 unspecified atom stereocenters. The molecule has 2 nitrogen and oxygen atoms in total. The highest BCUT2D eigenvalue weighted by Crippen LogP contribution is 2.36. The lowest BCUT2D eigenvalue weighted by atomic mass is 9.83. The summed E-state index contributed by atoms with van der Waals surface area (Å²) >= 11 is 0. The Bertz CT molecular complexity index is 548. The lowest BCUT2D eigenvalue weighted by molar-refractivity contribution is 0.308. The topological polar surface area (TPSA) is 25.2 Å². The van der Waals surface area contributed by atoms with Crippen LogP contribution in [0.3, 0.4) is 0 Å². The van der Waals surface area contributed by atoms with Crippen LogP contribution in [0.4, 0.5) is 4.39 Å². The molecule has 2 atom stereocenters. The van der Waals surface area contributed by atoms with Crippen LogP contribution >= 0.6 is 0 Å². The van der Waals surface area contributed by atoms with Gasteiger partial charge in [0, 0.05) is 17.3 Å². The molecule has 1 saturated carbocycles. The van der Waals surface area contributed by atoms with Gasteiger partial charge in [0.05, 0.1) is 0 Å². The molecule has 2 aromatic rings. The van der Waals surface area contributed by atoms with Gasteiger partial charge in [-0.2, -0.15) is 0 Å². The number of halogens is 1. The number of likely N-dealkylation sites (N-methyl/N-ethyl adjacent to an activating group) is 1. The second-order valence-corrected chi connectivity index (χ2v) is 5.09. The molecule has 1 N–H and O–H groups in total. The van der Waals surface area contributed by atoms with Crippen LogP contribution in [0.15, 0.2) is 28.7 Å². The van der Waals surface area contributed by atoms with E-state index in [1.807, 2.05) is 19.2 Å². The number of nitrogens with one attached hydrogen (secondary N) is 1. The van der Waals surface area contributed by atoms with Gasteiger partial charge in [0.25, 0.3) is 0 Å². The highest BCUT2D eigenvalue weighted by atomic mass is 19.1. The molecule has 0 saturated heterocycles. The minimum Gasteiger partial charge on any atom is -0.458 e. The number of rotatable bonds is 2. The number of benzene rings is 1. The number of fused-ring (bicyclic) bond motifs is 1. The van der Waals surface area contributed by atoms with E-state index >= 15 is 0 Å². The summed E-state index contributed by atoms with van der Waals surface area (Å²) in [6, 6.07) is 7.53. The third-order valence-electron chi connectivity index (χ3n) is 4.02. The molecule has 1 aliphatic rings. The van der Waals surface area contributed by atoms with Gasteiger partial charge >= 0.3 is 0 Å². The summed E-state index contributed by atoms with van der Waals surface area (Å²) in [6.45, 7) is 0. The molecule has 0 radical (unpaired) electrons. The highest BCUT2D eigenvalue weighted by Gasteiger charge is 2.28. The van der Waals surface area contributed by atoms with Crippen LogP contribution in [0.1, 0.15) is 37.4 Å². The summed E-state index contributed by atoms with van der Waals surface area (Å²) in [5.41, 5.74) is 0.396. The monoisotopic (exact) mass is 247 g/mol. The van der Waals surface area contributed by atoms with Crippen molar-refractivity contribution < 1.29 is 8.81 Å². The first-order chi connectivity index (χ1) is 8.79. The molecular formula is C15H18FNO. The Kier molecular flexibility index (Phi) is 3.08. The average molecular weight is 247 g/mol. The standard InChI is InChI=1S/C15H18FNO/c1-17-13-8-3-2-6-11(13)14-9-10-5-4-7-12(16)15(10)18-14/h4-5,7,9,11,13,17H,2-3,6,8H2,1H3. The zero-order valence-corrected chi connectivity index (χ0v) is 10.6. The Hall–Kier alpha value is -1.35. The van der Waals surface area contributed by atoms with E-state index in [1.54, 1.807) is 6.07 Å². The van der Waals surface area contributed by atoms with Crippen molar-refractivity contribution in [2.45, 2.75) is 37.6 Å². The van der Waals surface area contributed by atoms with Crippen molar-refractivity contribution in [2.75, 3.05) is 7.05 Å². The van der Waals surface area contributed by atoms with Crippen LogP contribution in [0, 0.1) is 5.82 Å². The summed E-state index contributed by atoms with van der Waals surface area (Å²) < 4.78 is 19.4. The van der Waals surface area contributed by atoms with E-state index in [4.69, 9.17) is 4.42 Å². The Labute approximate surface area is 106 Å². The molecule has 1 fully saturated rings. The van der Waals surface area contributed by atoms with Crippen molar-refractivity contribution in [3.63, 3.8) is 0 Å². The smallest absolute Gasteiger partial charge is 0.169 e. The molecule has 1 aromatic carbocycles. The maximum absolute atomic E-state index is 13.6. The van der Waals surface area contributed by atoms with Crippen LogP contribution in [0.5, 0.6) is 0 Å². The summed E-state index contributed by atoms with van der Waals surface area (Å²) in [4.78, 5) is 0. The molecule has 1 aromatic heterocycles. The molecule has 3 heteroatoms. The van der Waals surface area contributed by atoms with Crippen molar-refractivity contribution in [2.24, 2.45) is 0 Å². The maximum atomic E-state index is 13.6. The molecule has 1 aliphatic carbocycles. The lowest BCUT2D eigenvalue weighted by Crippen LogP contribution is -2.34. The fourth-order valence-corrected chi connectivity index (χ4v) is 3.05. The molecule has 0 aliphatic heterocycles. The van der Waals surface area contributed by atoms with E-state index < -0.39 is 0 Å². The lowest BCUT2D eigenvalue weighted by Gasteiger charge is -2.29. The van der Waals surface area contributed by atoms with E-state index in [0.717, 1.165) is 17.6 Å². The van der Waals surface area contributed by atoms with Gasteiger partial charge in [-0.05, 0) is 32.0 Å². The minimum atomic E-state index is -0.268. The third-order valence-corrected chi connectivity index (χ3v) is 4.02. The van der Waals surface area contributed by atoms with Gasteiger partial charge in [0.2, 0.25) is 0 Å². The van der Waals surface area contributed by atoms with E-state index in [9.17, 15) is 4.39 Å². The van der Waals surface area contributed by atoms with Crippen molar-refractivity contribution >= 4 is 11.0 Å². The Morgan fingerprint density at radius 2 is 2.11 bits per heavy atom. The predicted molar refractivity (Wildman–Crippen MR) is 70.2 cm³/mol. The number of para-hydroxylation sites is 1. The average Bonchev–Trinajstić information content (AvgIpc) is 2.84. The van der Waals surface area contributed by atoms with Gasteiger partial charge in [-0.3, -0.25) is 0 Å². The predicted octanol–water partition coefficient (Wildman–Crippen LogP) is 3.82. The molecule has 3 rings (SSSR count). The van der Waals surface area contributed by atoms with Gasteiger partial charge in [-0.1, -0.05) is 25.0 Å². The fraction of sp³-hybridized carbons (Fsp3) is 0.467. The van der Waals surface area contributed by atoms with Crippen LogP contribution in [0.2, 0.25) is 0 Å². The first-order valence-corrected chi connectivity index (χ1v) is 6.65. The van der Waals surface area contributed by atoms with E-state index in [-0.39, 0.29) is 5.82 Å². The fourth-order valence-electron chi connectivity index (χ4n) is 3.05. The van der Waals surface area contributed by atoms with Crippen molar-refractivity contribution in [1.82, 2.24) is 5.32 Å². The van der Waals surface area contributed by atoms with E-state index in [0.29, 0.717) is 17.5 Å².